The third kappa shape index (κ3) is 3.62. The SMILES string of the molecule is CO[C@H](C)c1nsc(N2CCC[C@@H]2CC(=O)c2ccc(F)cc2)n1. The molecule has 0 unspecified atom stereocenters. The second-order valence-corrected chi connectivity index (χ2v) is 6.67. The standard InChI is InChI=1S/C17H20FN3O2S/c1-11(23-2)16-19-17(24-20-16)21-9-3-4-14(21)10-15(22)12-5-7-13(18)8-6-12/h5-8,11,14H,3-4,9-10H2,1-2H3/t11-,14-/m1/s1. The number of ether oxygens (including phenoxy) is 1. The molecule has 1 aliphatic rings. The van der Waals surface area contributed by atoms with E-state index in [0.717, 1.165) is 24.5 Å². The molecule has 0 saturated carbocycles. The van der Waals surface area contributed by atoms with Gasteiger partial charge in [0.2, 0.25) is 5.13 Å². The van der Waals surface area contributed by atoms with E-state index in [1.54, 1.807) is 19.2 Å². The predicted octanol–water partition coefficient (Wildman–Crippen LogP) is 3.63. The molecular formula is C17H20FN3O2S. The normalized spacial score (nSPS) is 18.8. The van der Waals surface area contributed by atoms with Gasteiger partial charge in [-0.25, -0.2) is 9.37 Å². The molecule has 2 atom stereocenters. The highest BCUT2D eigenvalue weighted by atomic mass is 32.1. The first-order chi connectivity index (χ1) is 11.6. The third-order valence-electron chi connectivity index (χ3n) is 4.36. The summed E-state index contributed by atoms with van der Waals surface area (Å²) in [5.74, 6) is 0.373. The van der Waals surface area contributed by atoms with E-state index in [1.165, 1.54) is 23.7 Å². The molecule has 0 N–H and O–H groups in total. The van der Waals surface area contributed by atoms with Gasteiger partial charge in [0.15, 0.2) is 11.6 Å². The number of anilines is 1. The van der Waals surface area contributed by atoms with E-state index in [2.05, 4.69) is 14.3 Å². The number of methoxy groups -OCH3 is 1. The molecule has 0 aliphatic carbocycles. The number of ketones is 1. The summed E-state index contributed by atoms with van der Waals surface area (Å²) in [6.45, 7) is 2.78. The van der Waals surface area contributed by atoms with Crippen molar-refractivity contribution in [3.8, 4) is 0 Å². The molecule has 2 aromatic rings. The fourth-order valence-electron chi connectivity index (χ4n) is 2.88. The highest BCUT2D eigenvalue weighted by Gasteiger charge is 2.30. The van der Waals surface area contributed by atoms with Crippen LogP contribution in [0.5, 0.6) is 0 Å². The van der Waals surface area contributed by atoms with Crippen LogP contribution in [0.4, 0.5) is 9.52 Å². The lowest BCUT2D eigenvalue weighted by atomic mass is 10.0. The Bertz CT molecular complexity index is 704. The number of rotatable bonds is 6. The Kier molecular flexibility index (Phi) is 5.20. The van der Waals surface area contributed by atoms with E-state index in [-0.39, 0.29) is 23.7 Å². The Labute approximate surface area is 144 Å². The molecule has 0 radical (unpaired) electrons. The average molecular weight is 349 g/mol. The van der Waals surface area contributed by atoms with Crippen molar-refractivity contribution in [3.05, 3.63) is 41.5 Å². The van der Waals surface area contributed by atoms with Crippen LogP contribution in [0, 0.1) is 5.82 Å². The van der Waals surface area contributed by atoms with Gasteiger partial charge in [-0.2, -0.15) is 4.37 Å². The molecule has 1 aliphatic heterocycles. The molecular weight excluding hydrogens is 329 g/mol. The first kappa shape index (κ1) is 17.0. The molecule has 5 nitrogen and oxygen atoms in total. The summed E-state index contributed by atoms with van der Waals surface area (Å²) in [7, 11) is 1.63. The lowest BCUT2D eigenvalue weighted by molar-refractivity contribution is 0.0974. The number of aromatic nitrogens is 2. The summed E-state index contributed by atoms with van der Waals surface area (Å²) < 4.78 is 22.6. The summed E-state index contributed by atoms with van der Waals surface area (Å²) in [5, 5.41) is 0.836. The third-order valence-corrected chi connectivity index (χ3v) is 5.13. The zero-order valence-electron chi connectivity index (χ0n) is 13.7. The van der Waals surface area contributed by atoms with Gasteiger partial charge < -0.3 is 9.64 Å². The number of benzene rings is 1. The molecule has 1 aromatic carbocycles. The van der Waals surface area contributed by atoms with Crippen LogP contribution in [0.3, 0.4) is 0 Å². The Morgan fingerprint density at radius 2 is 2.21 bits per heavy atom. The molecule has 2 heterocycles. The van der Waals surface area contributed by atoms with Crippen molar-refractivity contribution < 1.29 is 13.9 Å². The van der Waals surface area contributed by atoms with Gasteiger partial charge in [-0.05, 0) is 44.0 Å². The largest absolute Gasteiger partial charge is 0.374 e. The highest BCUT2D eigenvalue weighted by molar-refractivity contribution is 7.09. The first-order valence-electron chi connectivity index (χ1n) is 8.00. The van der Waals surface area contributed by atoms with Crippen LogP contribution in [0.1, 0.15) is 48.5 Å². The minimum Gasteiger partial charge on any atom is -0.374 e. The smallest absolute Gasteiger partial charge is 0.205 e. The van der Waals surface area contributed by atoms with Gasteiger partial charge in [-0.1, -0.05) is 0 Å². The maximum Gasteiger partial charge on any atom is 0.205 e. The molecule has 0 bridgehead atoms. The summed E-state index contributed by atoms with van der Waals surface area (Å²) in [5.41, 5.74) is 0.550. The van der Waals surface area contributed by atoms with E-state index in [4.69, 9.17) is 4.74 Å². The van der Waals surface area contributed by atoms with Crippen LogP contribution in [-0.2, 0) is 4.74 Å². The fourth-order valence-corrected chi connectivity index (χ4v) is 3.73. The van der Waals surface area contributed by atoms with Crippen molar-refractivity contribution in [1.29, 1.82) is 0 Å². The lowest BCUT2D eigenvalue weighted by Crippen LogP contribution is -2.31. The summed E-state index contributed by atoms with van der Waals surface area (Å²) in [4.78, 5) is 19.2. The molecule has 3 rings (SSSR count). The molecule has 128 valence electrons. The van der Waals surface area contributed by atoms with Crippen molar-refractivity contribution in [2.45, 2.75) is 38.3 Å². The molecule has 24 heavy (non-hydrogen) atoms. The topological polar surface area (TPSA) is 55.3 Å². The van der Waals surface area contributed by atoms with E-state index in [1.807, 2.05) is 6.92 Å². The molecule has 1 fully saturated rings. The highest BCUT2D eigenvalue weighted by Crippen LogP contribution is 2.30. The van der Waals surface area contributed by atoms with Gasteiger partial charge in [0.25, 0.3) is 0 Å². The minimum atomic E-state index is -0.331. The zero-order chi connectivity index (χ0) is 17.1. The first-order valence-corrected chi connectivity index (χ1v) is 8.77. The molecule has 0 amide bonds. The zero-order valence-corrected chi connectivity index (χ0v) is 14.6. The fraction of sp³-hybridized carbons (Fsp3) is 0.471. The quantitative estimate of drug-likeness (QED) is 0.746. The lowest BCUT2D eigenvalue weighted by Gasteiger charge is -2.23. The van der Waals surface area contributed by atoms with Crippen molar-refractivity contribution in [1.82, 2.24) is 9.36 Å². The summed E-state index contributed by atoms with van der Waals surface area (Å²) >= 11 is 1.34. The van der Waals surface area contributed by atoms with E-state index in [0.29, 0.717) is 17.8 Å². The molecule has 7 heteroatoms. The van der Waals surface area contributed by atoms with Crippen molar-refractivity contribution in [3.63, 3.8) is 0 Å². The predicted molar refractivity (Wildman–Crippen MR) is 91.0 cm³/mol. The number of hydrogen-bond acceptors (Lipinski definition) is 6. The number of halogens is 1. The number of carbonyl (C=O) groups is 1. The maximum absolute atomic E-state index is 13.0. The second kappa shape index (κ2) is 7.36. The van der Waals surface area contributed by atoms with Gasteiger partial charge in [0.1, 0.15) is 11.9 Å². The van der Waals surface area contributed by atoms with Gasteiger partial charge >= 0.3 is 0 Å². The molecule has 1 saturated heterocycles. The number of hydrogen-bond donors (Lipinski definition) is 0. The van der Waals surface area contributed by atoms with Crippen LogP contribution in [0.15, 0.2) is 24.3 Å². The second-order valence-electron chi connectivity index (χ2n) is 5.94. The number of nitrogens with zero attached hydrogens (tertiary/aromatic N) is 3. The number of carbonyl (C=O) groups excluding carboxylic acids is 1. The van der Waals surface area contributed by atoms with Crippen LogP contribution >= 0.6 is 11.5 Å². The van der Waals surface area contributed by atoms with E-state index in [9.17, 15) is 9.18 Å². The molecule has 1 aromatic heterocycles. The maximum atomic E-state index is 13.0. The summed E-state index contributed by atoms with van der Waals surface area (Å²) in [6, 6.07) is 5.84. The van der Waals surface area contributed by atoms with Crippen molar-refractivity contribution >= 4 is 22.4 Å². The molecule has 0 spiro atoms. The van der Waals surface area contributed by atoms with Gasteiger partial charge in [-0.3, -0.25) is 4.79 Å². The van der Waals surface area contributed by atoms with Crippen LogP contribution < -0.4 is 4.90 Å². The van der Waals surface area contributed by atoms with Crippen molar-refractivity contribution in [2.75, 3.05) is 18.6 Å². The number of Topliss-reactive ketones (excluding diaryl/α,β-unsaturated/α-hetero) is 1. The van der Waals surface area contributed by atoms with Crippen molar-refractivity contribution in [2.24, 2.45) is 0 Å². The Morgan fingerprint density at radius 1 is 1.46 bits per heavy atom. The van der Waals surface area contributed by atoms with E-state index >= 15 is 0 Å². The monoisotopic (exact) mass is 349 g/mol. The van der Waals surface area contributed by atoms with Crippen LogP contribution in [0.25, 0.3) is 0 Å². The Hall–Kier alpha value is -1.86. The Balaban J connectivity index is 1.70. The van der Waals surface area contributed by atoms with Crippen LogP contribution in [-0.4, -0.2) is 34.8 Å². The summed E-state index contributed by atoms with van der Waals surface area (Å²) in [6.07, 6.45) is 2.23. The van der Waals surface area contributed by atoms with Crippen LogP contribution in [0.2, 0.25) is 0 Å². The minimum absolute atomic E-state index is 0.0295. The van der Waals surface area contributed by atoms with E-state index < -0.39 is 0 Å². The van der Waals surface area contributed by atoms with Gasteiger partial charge in [0, 0.05) is 43.2 Å². The van der Waals surface area contributed by atoms with Gasteiger partial charge in [0.05, 0.1) is 0 Å². The van der Waals surface area contributed by atoms with Gasteiger partial charge in [-0.15, -0.1) is 0 Å². The average Bonchev–Trinajstić information content (AvgIpc) is 3.23. The Morgan fingerprint density at radius 3 is 2.92 bits per heavy atom.